The van der Waals surface area contributed by atoms with Crippen molar-refractivity contribution in [2.24, 2.45) is 4.99 Å². The van der Waals surface area contributed by atoms with Gasteiger partial charge in [0.15, 0.2) is 17.5 Å². The zero-order chi connectivity index (χ0) is 17.2. The van der Waals surface area contributed by atoms with Crippen molar-refractivity contribution in [1.29, 1.82) is 0 Å². The summed E-state index contributed by atoms with van der Waals surface area (Å²) in [5, 5.41) is 15.7. The monoisotopic (exact) mass is 466 g/mol. The molecule has 1 heterocycles. The van der Waals surface area contributed by atoms with Crippen LogP contribution in [0.15, 0.2) is 23.2 Å². The molecule has 0 radical (unpaired) electrons. The number of morpholine rings is 1. The van der Waals surface area contributed by atoms with Gasteiger partial charge in [-0.2, -0.15) is 0 Å². The molecule has 142 valence electrons. The maximum atomic E-state index is 13.3. The highest BCUT2D eigenvalue weighted by Gasteiger charge is 2.09. The zero-order valence-corrected chi connectivity index (χ0v) is 17.0. The zero-order valence-electron chi connectivity index (χ0n) is 14.6. The second-order valence-corrected chi connectivity index (χ2v) is 5.72. The van der Waals surface area contributed by atoms with Crippen molar-refractivity contribution in [1.82, 2.24) is 15.5 Å². The Balaban J connectivity index is 0.00000312. The minimum Gasteiger partial charge on any atom is -0.505 e. The molecular weight excluding hydrogens is 438 g/mol. The van der Waals surface area contributed by atoms with Gasteiger partial charge in [-0.25, -0.2) is 9.38 Å². The Bertz CT molecular complexity index is 539. The molecule has 0 atom stereocenters. The fourth-order valence-electron chi connectivity index (χ4n) is 2.50. The van der Waals surface area contributed by atoms with E-state index in [1.54, 1.807) is 6.07 Å². The molecule has 25 heavy (non-hydrogen) atoms. The van der Waals surface area contributed by atoms with Gasteiger partial charge in [0.1, 0.15) is 0 Å². The smallest absolute Gasteiger partial charge is 0.191 e. The van der Waals surface area contributed by atoms with Gasteiger partial charge in [-0.15, -0.1) is 24.0 Å². The Morgan fingerprint density at radius 3 is 2.76 bits per heavy atom. The Morgan fingerprint density at radius 1 is 1.32 bits per heavy atom. The van der Waals surface area contributed by atoms with E-state index in [0.717, 1.165) is 57.9 Å². The van der Waals surface area contributed by atoms with Crippen LogP contribution in [0.4, 0.5) is 4.39 Å². The van der Waals surface area contributed by atoms with E-state index in [4.69, 9.17) is 4.74 Å². The number of hydrogen-bond acceptors (Lipinski definition) is 4. The fraction of sp³-hybridized carbons (Fsp3) is 0.588. The van der Waals surface area contributed by atoms with Crippen molar-refractivity contribution in [3.05, 3.63) is 29.6 Å². The van der Waals surface area contributed by atoms with Crippen molar-refractivity contribution in [3.8, 4) is 5.75 Å². The lowest BCUT2D eigenvalue weighted by Crippen LogP contribution is -2.40. The number of guanidine groups is 1. The van der Waals surface area contributed by atoms with Crippen LogP contribution in [0.1, 0.15) is 18.9 Å². The number of hydrogen-bond donors (Lipinski definition) is 3. The van der Waals surface area contributed by atoms with Crippen LogP contribution in [0.2, 0.25) is 0 Å². The summed E-state index contributed by atoms with van der Waals surface area (Å²) in [6.07, 6.45) is 1.03. The first kappa shape index (κ1) is 21.9. The fourth-order valence-corrected chi connectivity index (χ4v) is 2.50. The van der Waals surface area contributed by atoms with Gasteiger partial charge in [-0.3, -0.25) is 4.90 Å². The summed E-state index contributed by atoms with van der Waals surface area (Å²) in [5.41, 5.74) is 0.718. The SMILES string of the molecule is CCNC(=NCc1ccc(O)c(F)c1)NCCCN1CCOCC1.I. The molecule has 0 amide bonds. The van der Waals surface area contributed by atoms with Crippen LogP contribution < -0.4 is 10.6 Å². The second-order valence-electron chi connectivity index (χ2n) is 5.72. The van der Waals surface area contributed by atoms with Gasteiger partial charge < -0.3 is 20.5 Å². The molecule has 0 aromatic heterocycles. The normalized spacial score (nSPS) is 15.5. The maximum absolute atomic E-state index is 13.3. The third kappa shape index (κ3) is 8.19. The van der Waals surface area contributed by atoms with Crippen LogP contribution in [-0.2, 0) is 11.3 Å². The highest BCUT2D eigenvalue weighted by atomic mass is 127. The second kappa shape index (κ2) is 12.3. The topological polar surface area (TPSA) is 69.1 Å². The number of nitrogens with zero attached hydrogens (tertiary/aromatic N) is 2. The number of halogens is 2. The van der Waals surface area contributed by atoms with Crippen LogP contribution in [0, 0.1) is 5.82 Å². The molecule has 0 spiro atoms. The summed E-state index contributed by atoms with van der Waals surface area (Å²) in [6, 6.07) is 4.33. The summed E-state index contributed by atoms with van der Waals surface area (Å²) in [6.45, 7) is 8.63. The molecule has 0 aliphatic carbocycles. The number of phenols is 1. The molecule has 1 aliphatic heterocycles. The highest BCUT2D eigenvalue weighted by Crippen LogP contribution is 2.16. The summed E-state index contributed by atoms with van der Waals surface area (Å²) in [7, 11) is 0. The Hall–Kier alpha value is -1.13. The Kier molecular flexibility index (Phi) is 10.7. The molecule has 0 bridgehead atoms. The Morgan fingerprint density at radius 2 is 2.08 bits per heavy atom. The quantitative estimate of drug-likeness (QED) is 0.248. The molecular formula is C17H28FIN4O2. The lowest BCUT2D eigenvalue weighted by Gasteiger charge is -2.26. The number of ether oxygens (including phenoxy) is 1. The van der Waals surface area contributed by atoms with Gasteiger partial charge in [-0.1, -0.05) is 6.07 Å². The average Bonchev–Trinajstić information content (AvgIpc) is 2.60. The van der Waals surface area contributed by atoms with Crippen molar-refractivity contribution in [2.45, 2.75) is 19.9 Å². The van der Waals surface area contributed by atoms with E-state index in [9.17, 15) is 9.50 Å². The van der Waals surface area contributed by atoms with E-state index in [1.807, 2.05) is 6.92 Å². The average molecular weight is 466 g/mol. The van der Waals surface area contributed by atoms with Gasteiger partial charge in [0.2, 0.25) is 0 Å². The molecule has 1 aromatic carbocycles. The first-order chi connectivity index (χ1) is 11.7. The van der Waals surface area contributed by atoms with E-state index in [1.165, 1.54) is 12.1 Å². The number of aliphatic imine (C=N–C) groups is 1. The Labute approximate surface area is 165 Å². The van der Waals surface area contributed by atoms with Gasteiger partial charge >= 0.3 is 0 Å². The van der Waals surface area contributed by atoms with E-state index in [-0.39, 0.29) is 29.7 Å². The summed E-state index contributed by atoms with van der Waals surface area (Å²) < 4.78 is 18.7. The van der Waals surface area contributed by atoms with Gasteiger partial charge in [0.05, 0.1) is 19.8 Å². The van der Waals surface area contributed by atoms with E-state index >= 15 is 0 Å². The lowest BCUT2D eigenvalue weighted by molar-refractivity contribution is 0.0376. The molecule has 0 unspecified atom stereocenters. The van der Waals surface area contributed by atoms with Crippen LogP contribution in [-0.4, -0.2) is 61.9 Å². The van der Waals surface area contributed by atoms with Gasteiger partial charge in [0.25, 0.3) is 0 Å². The van der Waals surface area contributed by atoms with Crippen LogP contribution >= 0.6 is 24.0 Å². The minimum atomic E-state index is -0.619. The molecule has 1 saturated heterocycles. The number of rotatable bonds is 7. The third-order valence-electron chi connectivity index (χ3n) is 3.82. The van der Waals surface area contributed by atoms with Crippen LogP contribution in [0.5, 0.6) is 5.75 Å². The van der Waals surface area contributed by atoms with Crippen molar-refractivity contribution >= 4 is 29.9 Å². The molecule has 6 nitrogen and oxygen atoms in total. The predicted octanol–water partition coefficient (Wildman–Crippen LogP) is 1.93. The first-order valence-corrected chi connectivity index (χ1v) is 8.48. The van der Waals surface area contributed by atoms with Crippen LogP contribution in [0.25, 0.3) is 0 Å². The van der Waals surface area contributed by atoms with Gasteiger partial charge in [-0.05, 0) is 37.6 Å². The van der Waals surface area contributed by atoms with Crippen LogP contribution in [0.3, 0.4) is 0 Å². The predicted molar refractivity (Wildman–Crippen MR) is 108 cm³/mol. The van der Waals surface area contributed by atoms with E-state index in [2.05, 4.69) is 20.5 Å². The van der Waals surface area contributed by atoms with Gasteiger partial charge in [0, 0.05) is 26.2 Å². The molecule has 1 aliphatic rings. The summed E-state index contributed by atoms with van der Waals surface area (Å²) in [4.78, 5) is 6.85. The number of benzene rings is 1. The highest BCUT2D eigenvalue weighted by molar-refractivity contribution is 14.0. The third-order valence-corrected chi connectivity index (χ3v) is 3.82. The minimum absolute atomic E-state index is 0. The molecule has 1 fully saturated rings. The molecule has 1 aromatic rings. The number of phenolic OH excluding ortho intramolecular Hbond substituents is 1. The number of aromatic hydroxyl groups is 1. The van der Waals surface area contributed by atoms with Crippen molar-refractivity contribution in [2.75, 3.05) is 45.9 Å². The summed E-state index contributed by atoms with van der Waals surface area (Å²) >= 11 is 0. The maximum Gasteiger partial charge on any atom is 0.191 e. The summed E-state index contributed by atoms with van der Waals surface area (Å²) in [5.74, 6) is -0.241. The standard InChI is InChI=1S/C17H27FN4O2.HI/c1-2-19-17(20-6-3-7-22-8-10-24-11-9-22)21-13-14-4-5-16(23)15(18)12-14;/h4-5,12,23H,2-3,6-11,13H2,1H3,(H2,19,20,21);1H. The largest absolute Gasteiger partial charge is 0.505 e. The van der Waals surface area contributed by atoms with Crippen molar-refractivity contribution < 1.29 is 14.2 Å². The van der Waals surface area contributed by atoms with E-state index < -0.39 is 5.82 Å². The molecule has 8 heteroatoms. The first-order valence-electron chi connectivity index (χ1n) is 8.48. The molecule has 2 rings (SSSR count). The van der Waals surface area contributed by atoms with E-state index in [0.29, 0.717) is 12.5 Å². The lowest BCUT2D eigenvalue weighted by atomic mass is 10.2. The molecule has 3 N–H and O–H groups in total. The van der Waals surface area contributed by atoms with Crippen molar-refractivity contribution in [3.63, 3.8) is 0 Å². The molecule has 0 saturated carbocycles. The number of nitrogens with one attached hydrogen (secondary N) is 2.